The van der Waals surface area contributed by atoms with Crippen LogP contribution < -0.4 is 4.74 Å². The number of benzene rings is 3. The molecule has 0 aliphatic heterocycles. The lowest BCUT2D eigenvalue weighted by atomic mass is 10.1. The fourth-order valence-electron chi connectivity index (χ4n) is 2.58. The van der Waals surface area contributed by atoms with Crippen molar-refractivity contribution in [3.63, 3.8) is 0 Å². The minimum Gasteiger partial charge on any atom is -0.455 e. The molecule has 1 aromatic heterocycles. The molecule has 0 unspecified atom stereocenters. The smallest absolute Gasteiger partial charge is 0.158 e. The van der Waals surface area contributed by atoms with Crippen molar-refractivity contribution in [1.82, 2.24) is 0 Å². The first-order valence-electron chi connectivity index (χ1n) is 7.21. The van der Waals surface area contributed by atoms with Gasteiger partial charge in [0.05, 0.1) is 19.9 Å². The van der Waals surface area contributed by atoms with Crippen LogP contribution in [0.5, 0.6) is 11.5 Å². The summed E-state index contributed by atoms with van der Waals surface area (Å²) in [5, 5.41) is 2.20. The number of para-hydroxylation sites is 2. The standard InChI is InChI=1S/C19H10Cl2O2S/c20-13-10-14(21)18-16(17(13)22-11-6-2-1-3-7-11)19(24)12-8-4-5-9-15(12)23-18/h1-10H. The summed E-state index contributed by atoms with van der Waals surface area (Å²) in [5.41, 5.74) is 1.14. The molecule has 0 aliphatic rings. The SMILES string of the molecule is S=c1c2ccccc2oc2c(Cl)cc(Cl)c(Oc3ccccc3)c12. The highest BCUT2D eigenvalue weighted by atomic mass is 35.5. The summed E-state index contributed by atoms with van der Waals surface area (Å²) in [6, 6.07) is 18.5. The molecule has 4 aromatic rings. The first-order chi connectivity index (χ1) is 11.6. The Morgan fingerprint density at radius 1 is 0.875 bits per heavy atom. The molecule has 118 valence electrons. The van der Waals surface area contributed by atoms with E-state index in [9.17, 15) is 0 Å². The Morgan fingerprint density at radius 3 is 2.38 bits per heavy atom. The highest BCUT2D eigenvalue weighted by Gasteiger charge is 2.17. The average Bonchev–Trinajstić information content (AvgIpc) is 2.60. The van der Waals surface area contributed by atoms with Crippen LogP contribution in [0, 0.1) is 4.51 Å². The van der Waals surface area contributed by atoms with Gasteiger partial charge in [-0.3, -0.25) is 0 Å². The Bertz CT molecular complexity index is 1120. The lowest BCUT2D eigenvalue weighted by Crippen LogP contribution is -1.90. The molecule has 0 atom stereocenters. The largest absolute Gasteiger partial charge is 0.455 e. The van der Waals surface area contributed by atoms with Gasteiger partial charge in [0.1, 0.15) is 11.3 Å². The van der Waals surface area contributed by atoms with Crippen LogP contribution in [0.15, 0.2) is 65.1 Å². The highest BCUT2D eigenvalue weighted by molar-refractivity contribution is 7.72. The number of halogens is 2. The van der Waals surface area contributed by atoms with Crippen LogP contribution in [-0.2, 0) is 0 Å². The van der Waals surface area contributed by atoms with E-state index in [1.165, 1.54) is 0 Å². The van der Waals surface area contributed by atoms with E-state index in [0.29, 0.717) is 42.6 Å². The van der Waals surface area contributed by atoms with Gasteiger partial charge < -0.3 is 9.15 Å². The zero-order chi connectivity index (χ0) is 16.7. The van der Waals surface area contributed by atoms with Gasteiger partial charge in [-0.05, 0) is 30.3 Å². The first-order valence-corrected chi connectivity index (χ1v) is 8.38. The molecule has 24 heavy (non-hydrogen) atoms. The minimum absolute atomic E-state index is 0.382. The van der Waals surface area contributed by atoms with Crippen molar-refractivity contribution in [3.05, 3.63) is 75.2 Å². The van der Waals surface area contributed by atoms with E-state index in [2.05, 4.69) is 0 Å². The van der Waals surface area contributed by atoms with Crippen molar-refractivity contribution in [2.24, 2.45) is 0 Å². The molecule has 0 spiro atoms. The summed E-state index contributed by atoms with van der Waals surface area (Å²) in [6.45, 7) is 0. The summed E-state index contributed by atoms with van der Waals surface area (Å²) >= 11 is 18.4. The van der Waals surface area contributed by atoms with Gasteiger partial charge in [-0.25, -0.2) is 0 Å². The average molecular weight is 373 g/mol. The van der Waals surface area contributed by atoms with Crippen molar-refractivity contribution in [1.29, 1.82) is 0 Å². The van der Waals surface area contributed by atoms with Gasteiger partial charge in [-0.2, -0.15) is 0 Å². The van der Waals surface area contributed by atoms with Crippen molar-refractivity contribution in [3.8, 4) is 11.5 Å². The third-order valence-corrected chi connectivity index (χ3v) is 4.66. The summed E-state index contributed by atoms with van der Waals surface area (Å²) in [7, 11) is 0. The van der Waals surface area contributed by atoms with Crippen LogP contribution in [0.3, 0.4) is 0 Å². The van der Waals surface area contributed by atoms with E-state index < -0.39 is 0 Å². The number of ether oxygens (including phenoxy) is 1. The predicted octanol–water partition coefficient (Wildman–Crippen LogP) is 7.41. The number of hydrogen-bond acceptors (Lipinski definition) is 3. The van der Waals surface area contributed by atoms with E-state index in [4.69, 9.17) is 44.6 Å². The van der Waals surface area contributed by atoms with Gasteiger partial charge >= 0.3 is 0 Å². The maximum absolute atomic E-state index is 6.38. The molecule has 5 heteroatoms. The topological polar surface area (TPSA) is 22.4 Å². The quantitative estimate of drug-likeness (QED) is 0.270. The van der Waals surface area contributed by atoms with E-state index >= 15 is 0 Å². The summed E-state index contributed by atoms with van der Waals surface area (Å²) in [5.74, 6) is 1.10. The second-order valence-corrected chi connectivity index (χ2v) is 6.44. The Labute approximate surface area is 153 Å². The second kappa shape index (κ2) is 6.10. The summed E-state index contributed by atoms with van der Waals surface area (Å²) in [6.07, 6.45) is 0. The van der Waals surface area contributed by atoms with Crippen molar-refractivity contribution in [2.45, 2.75) is 0 Å². The maximum Gasteiger partial charge on any atom is 0.158 e. The predicted molar refractivity (Wildman–Crippen MR) is 101 cm³/mol. The zero-order valence-electron chi connectivity index (χ0n) is 12.3. The fraction of sp³-hybridized carbons (Fsp3) is 0. The maximum atomic E-state index is 6.38. The van der Waals surface area contributed by atoms with Gasteiger partial charge in [-0.1, -0.05) is 65.8 Å². The zero-order valence-corrected chi connectivity index (χ0v) is 14.6. The number of fused-ring (bicyclic) bond motifs is 2. The number of hydrogen-bond donors (Lipinski definition) is 0. The third kappa shape index (κ3) is 2.55. The lowest BCUT2D eigenvalue weighted by molar-refractivity contribution is 0.487. The summed E-state index contributed by atoms with van der Waals surface area (Å²) < 4.78 is 12.5. The normalized spacial score (nSPS) is 11.1. The monoisotopic (exact) mass is 372 g/mol. The molecule has 0 saturated carbocycles. The lowest BCUT2D eigenvalue weighted by Gasteiger charge is -2.13. The Morgan fingerprint density at radius 2 is 1.58 bits per heavy atom. The highest BCUT2D eigenvalue weighted by Crippen LogP contribution is 2.42. The molecule has 0 saturated heterocycles. The molecular formula is C19H10Cl2O2S. The van der Waals surface area contributed by atoms with E-state index in [1.807, 2.05) is 54.6 Å². The second-order valence-electron chi connectivity index (χ2n) is 5.22. The van der Waals surface area contributed by atoms with Crippen LogP contribution in [0.4, 0.5) is 0 Å². The van der Waals surface area contributed by atoms with Gasteiger partial charge in [0, 0.05) is 5.39 Å². The van der Waals surface area contributed by atoms with Crippen LogP contribution in [-0.4, -0.2) is 0 Å². The van der Waals surface area contributed by atoms with Crippen LogP contribution in [0.25, 0.3) is 21.9 Å². The molecule has 0 bridgehead atoms. The molecule has 0 radical (unpaired) electrons. The molecule has 0 aliphatic carbocycles. The van der Waals surface area contributed by atoms with E-state index in [-0.39, 0.29) is 0 Å². The van der Waals surface area contributed by atoms with Crippen LogP contribution >= 0.6 is 35.4 Å². The molecular weight excluding hydrogens is 363 g/mol. The molecule has 2 nitrogen and oxygen atoms in total. The molecule has 0 fully saturated rings. The first kappa shape index (κ1) is 15.5. The van der Waals surface area contributed by atoms with Gasteiger partial charge in [-0.15, -0.1) is 0 Å². The van der Waals surface area contributed by atoms with Crippen molar-refractivity contribution in [2.75, 3.05) is 0 Å². The van der Waals surface area contributed by atoms with Crippen molar-refractivity contribution >= 4 is 57.4 Å². The molecule has 1 heterocycles. The molecule has 0 N–H and O–H groups in total. The third-order valence-electron chi connectivity index (χ3n) is 3.68. The van der Waals surface area contributed by atoms with E-state index in [0.717, 1.165) is 5.39 Å². The fourth-order valence-corrected chi connectivity index (χ4v) is 3.48. The number of rotatable bonds is 2. The molecule has 4 rings (SSSR count). The van der Waals surface area contributed by atoms with E-state index in [1.54, 1.807) is 6.07 Å². The van der Waals surface area contributed by atoms with Crippen LogP contribution in [0.2, 0.25) is 10.0 Å². The Balaban J connectivity index is 2.09. The van der Waals surface area contributed by atoms with Gasteiger partial charge in [0.15, 0.2) is 11.3 Å². The van der Waals surface area contributed by atoms with Crippen LogP contribution in [0.1, 0.15) is 0 Å². The van der Waals surface area contributed by atoms with Gasteiger partial charge in [0.25, 0.3) is 0 Å². The van der Waals surface area contributed by atoms with Gasteiger partial charge in [0.2, 0.25) is 0 Å². The molecule has 3 aromatic carbocycles. The molecule has 0 amide bonds. The summed E-state index contributed by atoms with van der Waals surface area (Å²) in [4.78, 5) is 0. The Hall–Kier alpha value is -2.07. The minimum atomic E-state index is 0.382. The van der Waals surface area contributed by atoms with Crippen molar-refractivity contribution < 1.29 is 9.15 Å². The Kier molecular flexibility index (Phi) is 3.93.